The molecule has 0 aliphatic heterocycles. The summed E-state index contributed by atoms with van der Waals surface area (Å²) in [4.78, 5) is 28.5. The minimum absolute atomic E-state index is 0.0422. The molecule has 25 heavy (non-hydrogen) atoms. The first-order valence-electron chi connectivity index (χ1n) is 7.43. The molecule has 0 bridgehead atoms. The van der Waals surface area contributed by atoms with Gasteiger partial charge < -0.3 is 10.4 Å². The van der Waals surface area contributed by atoms with Crippen molar-refractivity contribution in [1.82, 2.24) is 9.55 Å². The summed E-state index contributed by atoms with van der Waals surface area (Å²) in [5, 5.41) is 12.8. The summed E-state index contributed by atoms with van der Waals surface area (Å²) in [6.07, 6.45) is 1.32. The fourth-order valence-electron chi connectivity index (χ4n) is 2.25. The van der Waals surface area contributed by atoms with Gasteiger partial charge in [0, 0.05) is 16.7 Å². The Morgan fingerprint density at radius 3 is 2.56 bits per heavy atom. The van der Waals surface area contributed by atoms with Crippen molar-refractivity contribution in [2.45, 2.75) is 6.54 Å². The van der Waals surface area contributed by atoms with Crippen LogP contribution in [0.3, 0.4) is 0 Å². The first-order chi connectivity index (χ1) is 12.0. The molecule has 2 N–H and O–H groups in total. The maximum atomic E-state index is 12.2. The molecular weight excluding hydrogens is 342 g/mol. The highest BCUT2D eigenvalue weighted by Gasteiger charge is 2.09. The van der Waals surface area contributed by atoms with Crippen molar-refractivity contribution >= 4 is 23.2 Å². The van der Waals surface area contributed by atoms with Crippen LogP contribution in [0.15, 0.2) is 65.7 Å². The molecule has 126 valence electrons. The zero-order valence-electron chi connectivity index (χ0n) is 13.0. The van der Waals surface area contributed by atoms with E-state index in [0.717, 1.165) is 5.56 Å². The van der Waals surface area contributed by atoms with Crippen molar-refractivity contribution in [3.8, 4) is 17.0 Å². The zero-order valence-corrected chi connectivity index (χ0v) is 13.8. The number of phenols is 1. The summed E-state index contributed by atoms with van der Waals surface area (Å²) < 4.78 is 1.19. The highest BCUT2D eigenvalue weighted by Crippen LogP contribution is 2.21. The molecule has 0 saturated carbocycles. The monoisotopic (exact) mass is 355 g/mol. The summed E-state index contributed by atoms with van der Waals surface area (Å²) >= 11 is 5.84. The Bertz CT molecular complexity index is 968. The summed E-state index contributed by atoms with van der Waals surface area (Å²) in [5.41, 5.74) is 1.19. The number of hydrogen-bond acceptors (Lipinski definition) is 4. The lowest BCUT2D eigenvalue weighted by Crippen LogP contribution is -2.27. The van der Waals surface area contributed by atoms with Crippen molar-refractivity contribution in [3.05, 3.63) is 76.3 Å². The molecule has 0 aliphatic rings. The molecule has 2 aromatic carbocycles. The van der Waals surface area contributed by atoms with Gasteiger partial charge in [-0.3, -0.25) is 14.2 Å². The molecule has 3 rings (SSSR count). The normalized spacial score (nSPS) is 10.4. The average Bonchev–Trinajstić information content (AvgIpc) is 2.59. The van der Waals surface area contributed by atoms with Gasteiger partial charge in [-0.15, -0.1) is 0 Å². The number of halogens is 1. The van der Waals surface area contributed by atoms with Crippen molar-refractivity contribution in [3.63, 3.8) is 0 Å². The molecule has 0 spiro atoms. The Kier molecular flexibility index (Phi) is 4.81. The van der Waals surface area contributed by atoms with Crippen LogP contribution in [0.5, 0.6) is 5.75 Å². The second-order valence-electron chi connectivity index (χ2n) is 5.31. The molecule has 1 aromatic heterocycles. The Balaban J connectivity index is 1.75. The number of aromatic hydroxyl groups is 1. The predicted molar refractivity (Wildman–Crippen MR) is 95.7 cm³/mol. The molecule has 0 fully saturated rings. The Labute approximate surface area is 148 Å². The van der Waals surface area contributed by atoms with E-state index < -0.39 is 5.91 Å². The number of hydrogen-bond donors (Lipinski definition) is 2. The van der Waals surface area contributed by atoms with E-state index in [0.29, 0.717) is 10.7 Å². The Hall–Kier alpha value is -3.12. The van der Waals surface area contributed by atoms with Crippen LogP contribution in [0.2, 0.25) is 5.02 Å². The quantitative estimate of drug-likeness (QED) is 0.705. The highest BCUT2D eigenvalue weighted by atomic mass is 35.5. The maximum Gasteiger partial charge on any atom is 0.254 e. The van der Waals surface area contributed by atoms with Crippen molar-refractivity contribution in [2.24, 2.45) is 0 Å². The largest absolute Gasteiger partial charge is 0.506 e. The SMILES string of the molecule is O=C(Cn1cnc(-c2ccc(Cl)cc2)cc1=O)Nc1ccccc1O. The first-order valence-corrected chi connectivity index (χ1v) is 7.81. The van der Waals surface area contributed by atoms with Crippen molar-refractivity contribution in [1.29, 1.82) is 0 Å². The molecule has 3 aromatic rings. The standard InChI is InChI=1S/C18H14ClN3O3/c19-13-7-5-12(6-8-13)15-9-18(25)22(11-20-15)10-17(24)21-14-3-1-2-4-16(14)23/h1-9,11,23H,10H2,(H,21,24). The fourth-order valence-corrected chi connectivity index (χ4v) is 2.37. The lowest BCUT2D eigenvalue weighted by Gasteiger charge is -2.09. The number of nitrogens with one attached hydrogen (secondary N) is 1. The number of para-hydroxylation sites is 2. The van der Waals surface area contributed by atoms with Crippen LogP contribution in [0.25, 0.3) is 11.3 Å². The number of nitrogens with zero attached hydrogens (tertiary/aromatic N) is 2. The van der Waals surface area contributed by atoms with Gasteiger partial charge in [-0.1, -0.05) is 35.9 Å². The van der Waals surface area contributed by atoms with E-state index in [-0.39, 0.29) is 23.5 Å². The van der Waals surface area contributed by atoms with Gasteiger partial charge in [0.05, 0.1) is 17.7 Å². The molecule has 0 radical (unpaired) electrons. The van der Waals surface area contributed by atoms with Crippen LogP contribution >= 0.6 is 11.6 Å². The van der Waals surface area contributed by atoms with Gasteiger partial charge in [-0.2, -0.15) is 0 Å². The number of carbonyl (C=O) groups excluding carboxylic acids is 1. The average molecular weight is 356 g/mol. The summed E-state index contributed by atoms with van der Waals surface area (Å²) in [6.45, 7) is -0.207. The zero-order chi connectivity index (χ0) is 17.8. The fraction of sp³-hybridized carbons (Fsp3) is 0.0556. The lowest BCUT2D eigenvalue weighted by atomic mass is 10.1. The number of phenolic OH excluding ortho intramolecular Hbond substituents is 1. The van der Waals surface area contributed by atoms with Gasteiger partial charge in [-0.05, 0) is 24.3 Å². The van der Waals surface area contributed by atoms with Gasteiger partial charge in [-0.25, -0.2) is 4.98 Å². The predicted octanol–water partition coefficient (Wildman–Crippen LogP) is 2.91. The number of anilines is 1. The molecule has 6 nitrogen and oxygen atoms in total. The van der Waals surface area contributed by atoms with Gasteiger partial charge in [0.2, 0.25) is 5.91 Å². The Morgan fingerprint density at radius 1 is 1.16 bits per heavy atom. The van der Waals surface area contributed by atoms with Crippen LogP contribution < -0.4 is 10.9 Å². The molecule has 0 unspecified atom stereocenters. The van der Waals surface area contributed by atoms with Gasteiger partial charge in [0.25, 0.3) is 5.56 Å². The van der Waals surface area contributed by atoms with E-state index in [4.69, 9.17) is 11.6 Å². The lowest BCUT2D eigenvalue weighted by molar-refractivity contribution is -0.116. The van der Waals surface area contributed by atoms with E-state index in [9.17, 15) is 14.7 Å². The summed E-state index contributed by atoms with van der Waals surface area (Å²) in [6, 6.07) is 14.7. The van der Waals surface area contributed by atoms with E-state index in [2.05, 4.69) is 10.3 Å². The third kappa shape index (κ3) is 4.05. The first kappa shape index (κ1) is 16.7. The smallest absolute Gasteiger partial charge is 0.254 e. The molecule has 7 heteroatoms. The molecule has 0 aliphatic carbocycles. The van der Waals surface area contributed by atoms with Crippen molar-refractivity contribution in [2.75, 3.05) is 5.32 Å². The van der Waals surface area contributed by atoms with Crippen LogP contribution in [0, 0.1) is 0 Å². The molecular formula is C18H14ClN3O3. The van der Waals surface area contributed by atoms with Gasteiger partial charge >= 0.3 is 0 Å². The number of rotatable bonds is 4. The van der Waals surface area contributed by atoms with Crippen LogP contribution in [0.1, 0.15) is 0 Å². The van der Waals surface area contributed by atoms with E-state index in [1.54, 1.807) is 42.5 Å². The maximum absolute atomic E-state index is 12.2. The van der Waals surface area contributed by atoms with E-state index in [1.807, 2.05) is 0 Å². The summed E-state index contributed by atoms with van der Waals surface area (Å²) in [7, 11) is 0. The molecule has 0 atom stereocenters. The van der Waals surface area contributed by atoms with E-state index >= 15 is 0 Å². The van der Waals surface area contributed by atoms with E-state index in [1.165, 1.54) is 23.0 Å². The minimum Gasteiger partial charge on any atom is -0.506 e. The van der Waals surface area contributed by atoms with Crippen LogP contribution in [-0.4, -0.2) is 20.6 Å². The summed E-state index contributed by atoms with van der Waals surface area (Å²) in [5.74, 6) is -0.482. The highest BCUT2D eigenvalue weighted by molar-refractivity contribution is 6.30. The molecule has 1 amide bonds. The number of benzene rings is 2. The van der Waals surface area contributed by atoms with Crippen LogP contribution in [-0.2, 0) is 11.3 Å². The van der Waals surface area contributed by atoms with Gasteiger partial charge in [0.15, 0.2) is 0 Å². The number of amides is 1. The topological polar surface area (TPSA) is 84.2 Å². The third-order valence-electron chi connectivity index (χ3n) is 3.51. The molecule has 1 heterocycles. The number of carbonyl (C=O) groups is 1. The molecule has 0 saturated heterocycles. The second kappa shape index (κ2) is 7.19. The second-order valence-corrected chi connectivity index (χ2v) is 5.75. The van der Waals surface area contributed by atoms with Crippen molar-refractivity contribution < 1.29 is 9.90 Å². The van der Waals surface area contributed by atoms with Crippen LogP contribution in [0.4, 0.5) is 5.69 Å². The third-order valence-corrected chi connectivity index (χ3v) is 3.76. The van der Waals surface area contributed by atoms with Gasteiger partial charge in [0.1, 0.15) is 12.3 Å². The number of aromatic nitrogens is 2. The Morgan fingerprint density at radius 2 is 1.88 bits per heavy atom. The minimum atomic E-state index is -0.440.